The molecule has 0 atom stereocenters. The zero-order chi connectivity index (χ0) is 20.9. The van der Waals surface area contributed by atoms with Crippen LogP contribution in [0.15, 0.2) is 54.9 Å². The van der Waals surface area contributed by atoms with Gasteiger partial charge in [0, 0.05) is 30.1 Å². The van der Waals surface area contributed by atoms with Crippen LogP contribution < -0.4 is 15.8 Å². The highest BCUT2D eigenvalue weighted by atomic mass is 16.5. The number of pyridine rings is 1. The number of hydrogen-bond donors (Lipinski definition) is 4. The lowest BCUT2D eigenvalue weighted by atomic mass is 10.1. The minimum atomic E-state index is -0.0159. The van der Waals surface area contributed by atoms with E-state index in [1.807, 2.05) is 30.3 Å². The van der Waals surface area contributed by atoms with Gasteiger partial charge >= 0.3 is 0 Å². The van der Waals surface area contributed by atoms with Crippen molar-refractivity contribution in [3.8, 4) is 39.8 Å². The number of hydrogen-bond acceptors (Lipinski definition) is 8. The van der Waals surface area contributed by atoms with E-state index < -0.39 is 0 Å². The number of nitrogens with one attached hydrogen (secondary N) is 2. The maximum absolute atomic E-state index is 9.04. The van der Waals surface area contributed by atoms with Gasteiger partial charge in [0.25, 0.3) is 0 Å². The van der Waals surface area contributed by atoms with Crippen LogP contribution in [-0.2, 0) is 0 Å². The molecule has 0 fully saturated rings. The van der Waals surface area contributed by atoms with Crippen LogP contribution in [0.5, 0.6) is 5.75 Å². The minimum Gasteiger partial charge on any atom is -0.493 e. The van der Waals surface area contributed by atoms with Crippen molar-refractivity contribution < 1.29 is 9.84 Å². The van der Waals surface area contributed by atoms with E-state index in [0.29, 0.717) is 47.0 Å². The first-order valence-corrected chi connectivity index (χ1v) is 9.33. The number of nitrogen functional groups attached to an aromatic ring is 1. The van der Waals surface area contributed by atoms with Crippen molar-refractivity contribution in [3.05, 3.63) is 54.9 Å². The van der Waals surface area contributed by atoms with Crippen LogP contribution in [0.2, 0.25) is 0 Å². The zero-order valence-electron chi connectivity index (χ0n) is 16.3. The lowest BCUT2D eigenvalue weighted by molar-refractivity contribution is 0.311. The summed E-state index contributed by atoms with van der Waals surface area (Å²) in [6, 6.07) is 13.4. The molecule has 9 heteroatoms. The summed E-state index contributed by atoms with van der Waals surface area (Å²) in [4.78, 5) is 21.2. The van der Waals surface area contributed by atoms with Crippen LogP contribution in [0.3, 0.4) is 0 Å². The van der Waals surface area contributed by atoms with Crippen molar-refractivity contribution in [3.63, 3.8) is 0 Å². The van der Waals surface area contributed by atoms with Crippen LogP contribution in [0.25, 0.3) is 34.0 Å². The Morgan fingerprint density at radius 2 is 1.93 bits per heavy atom. The second kappa shape index (κ2) is 8.58. The number of rotatable bonds is 7. The Balaban J connectivity index is 1.86. The Kier molecular flexibility index (Phi) is 5.53. The first-order valence-electron chi connectivity index (χ1n) is 9.33. The van der Waals surface area contributed by atoms with E-state index in [1.54, 1.807) is 31.6 Å². The zero-order valence-corrected chi connectivity index (χ0v) is 16.3. The standard InChI is InChI=1S/C21H21N7O2/c1-30-16-11-14(12-25-19(16)22)17-18(15-7-8-23-21(26-15)24-9-10-29)28-20(27-17)13-5-3-2-4-6-13/h2-8,11-12,29H,9-10H2,1H3,(H2,22,25)(H,27,28)(H,23,24,26). The average molecular weight is 403 g/mol. The Hall–Kier alpha value is -3.98. The number of H-pyrrole nitrogens is 1. The van der Waals surface area contributed by atoms with Crippen molar-refractivity contribution in [2.45, 2.75) is 0 Å². The molecular weight excluding hydrogens is 382 g/mol. The molecule has 0 saturated carbocycles. The highest BCUT2D eigenvalue weighted by Gasteiger charge is 2.18. The lowest BCUT2D eigenvalue weighted by Gasteiger charge is -2.08. The number of nitrogens with two attached hydrogens (primary N) is 1. The van der Waals surface area contributed by atoms with Gasteiger partial charge in [-0.3, -0.25) is 0 Å². The average Bonchev–Trinajstić information content (AvgIpc) is 3.24. The van der Waals surface area contributed by atoms with E-state index >= 15 is 0 Å². The predicted molar refractivity (Wildman–Crippen MR) is 115 cm³/mol. The van der Waals surface area contributed by atoms with Crippen LogP contribution in [0, 0.1) is 0 Å². The van der Waals surface area contributed by atoms with Crippen molar-refractivity contribution in [2.24, 2.45) is 0 Å². The number of anilines is 2. The van der Waals surface area contributed by atoms with E-state index in [0.717, 1.165) is 11.1 Å². The first-order chi connectivity index (χ1) is 14.7. The van der Waals surface area contributed by atoms with Crippen molar-refractivity contribution in [1.82, 2.24) is 24.9 Å². The van der Waals surface area contributed by atoms with Gasteiger partial charge in [-0.05, 0) is 12.1 Å². The third-order valence-corrected chi connectivity index (χ3v) is 4.43. The molecule has 0 aliphatic heterocycles. The summed E-state index contributed by atoms with van der Waals surface area (Å²) in [5.74, 6) is 1.88. The smallest absolute Gasteiger partial charge is 0.223 e. The number of ether oxygens (including phenoxy) is 1. The normalized spacial score (nSPS) is 10.7. The molecule has 0 aliphatic rings. The SMILES string of the molecule is COc1cc(-c2nc(-c3ccccc3)[nH]c2-c2ccnc(NCCO)n2)cnc1N. The molecule has 0 aliphatic carbocycles. The summed E-state index contributed by atoms with van der Waals surface area (Å²) in [5.41, 5.74) is 9.56. The fourth-order valence-electron chi connectivity index (χ4n) is 3.00. The number of aromatic amines is 1. The van der Waals surface area contributed by atoms with Crippen LogP contribution in [-0.4, -0.2) is 50.3 Å². The Morgan fingerprint density at radius 1 is 1.10 bits per heavy atom. The van der Waals surface area contributed by atoms with Crippen LogP contribution in [0.4, 0.5) is 11.8 Å². The van der Waals surface area contributed by atoms with E-state index in [-0.39, 0.29) is 6.61 Å². The molecule has 0 unspecified atom stereocenters. The number of aromatic nitrogens is 5. The van der Waals surface area contributed by atoms with Gasteiger partial charge in [0.1, 0.15) is 11.5 Å². The summed E-state index contributed by atoms with van der Waals surface area (Å²) in [6.07, 6.45) is 3.30. The highest BCUT2D eigenvalue weighted by Crippen LogP contribution is 2.34. The molecule has 4 aromatic rings. The van der Waals surface area contributed by atoms with E-state index in [1.165, 1.54) is 0 Å². The van der Waals surface area contributed by atoms with Crippen molar-refractivity contribution in [1.29, 1.82) is 0 Å². The Labute approximate surface area is 173 Å². The van der Waals surface area contributed by atoms with E-state index in [4.69, 9.17) is 20.6 Å². The molecule has 3 aromatic heterocycles. The number of methoxy groups -OCH3 is 1. The Bertz CT molecular complexity index is 1150. The monoisotopic (exact) mass is 403 g/mol. The van der Waals surface area contributed by atoms with Gasteiger partial charge in [0.05, 0.1) is 25.1 Å². The van der Waals surface area contributed by atoms with Crippen molar-refractivity contribution in [2.75, 3.05) is 31.3 Å². The number of aliphatic hydroxyl groups excluding tert-OH is 1. The fraction of sp³-hybridized carbons (Fsp3) is 0.143. The third-order valence-electron chi connectivity index (χ3n) is 4.43. The molecule has 0 amide bonds. The number of nitrogens with zero attached hydrogens (tertiary/aromatic N) is 4. The van der Waals surface area contributed by atoms with Gasteiger partial charge in [0.15, 0.2) is 11.6 Å². The largest absolute Gasteiger partial charge is 0.493 e. The van der Waals surface area contributed by atoms with Gasteiger partial charge < -0.3 is 25.9 Å². The molecule has 0 bridgehead atoms. The summed E-state index contributed by atoms with van der Waals surface area (Å²) in [5, 5.41) is 12.0. The van der Waals surface area contributed by atoms with E-state index in [2.05, 4.69) is 25.3 Å². The molecule has 0 radical (unpaired) electrons. The molecule has 4 rings (SSSR count). The first kappa shape index (κ1) is 19.3. The number of benzene rings is 1. The number of aliphatic hydroxyl groups is 1. The molecule has 0 spiro atoms. The van der Waals surface area contributed by atoms with Crippen LogP contribution in [0.1, 0.15) is 0 Å². The summed E-state index contributed by atoms with van der Waals surface area (Å²) < 4.78 is 5.32. The second-order valence-electron chi connectivity index (χ2n) is 6.40. The third kappa shape index (κ3) is 3.91. The second-order valence-corrected chi connectivity index (χ2v) is 6.40. The predicted octanol–water partition coefficient (Wildman–Crippen LogP) is 2.59. The molecule has 152 valence electrons. The highest BCUT2D eigenvalue weighted by molar-refractivity contribution is 5.80. The minimum absolute atomic E-state index is 0.0159. The van der Waals surface area contributed by atoms with Gasteiger partial charge in [-0.2, -0.15) is 0 Å². The van der Waals surface area contributed by atoms with Gasteiger partial charge in [0.2, 0.25) is 5.95 Å². The topological polar surface area (TPSA) is 135 Å². The van der Waals surface area contributed by atoms with Gasteiger partial charge in [-0.1, -0.05) is 30.3 Å². The van der Waals surface area contributed by atoms with Gasteiger partial charge in [-0.15, -0.1) is 0 Å². The summed E-state index contributed by atoms with van der Waals surface area (Å²) in [6.45, 7) is 0.339. The molecule has 0 saturated heterocycles. The molecule has 9 nitrogen and oxygen atoms in total. The quantitative estimate of drug-likeness (QED) is 0.370. The van der Waals surface area contributed by atoms with E-state index in [9.17, 15) is 0 Å². The lowest BCUT2D eigenvalue weighted by Crippen LogP contribution is -2.08. The molecule has 30 heavy (non-hydrogen) atoms. The fourth-order valence-corrected chi connectivity index (χ4v) is 3.00. The molecule has 1 aromatic carbocycles. The Morgan fingerprint density at radius 3 is 2.70 bits per heavy atom. The summed E-state index contributed by atoms with van der Waals surface area (Å²) >= 11 is 0. The van der Waals surface area contributed by atoms with Crippen LogP contribution >= 0.6 is 0 Å². The molecule has 5 N–H and O–H groups in total. The van der Waals surface area contributed by atoms with Crippen molar-refractivity contribution >= 4 is 11.8 Å². The van der Waals surface area contributed by atoms with Gasteiger partial charge in [-0.25, -0.2) is 19.9 Å². The molecule has 3 heterocycles. The maximum Gasteiger partial charge on any atom is 0.223 e. The molecular formula is C21H21N7O2. The number of imidazole rings is 1. The maximum atomic E-state index is 9.04. The summed E-state index contributed by atoms with van der Waals surface area (Å²) in [7, 11) is 1.54.